The molecule has 1 amide bonds. The van der Waals surface area contributed by atoms with Gasteiger partial charge in [0.1, 0.15) is 11.8 Å². The standard InChI is InChI=1S/C19H22Cl2N2O4S/c1-4-16(19(24)22-12-13-7-5-6-8-15(13)21)23(28(3,25)26)17-11-14(20)9-10-18(17)27-2/h5-11,16H,4,12H2,1-3H3,(H,22,24)/t16-/m0/s1. The molecule has 2 aromatic carbocycles. The van der Waals surface area contributed by atoms with E-state index in [9.17, 15) is 13.2 Å². The predicted octanol–water partition coefficient (Wildman–Crippen LogP) is 3.86. The van der Waals surface area contributed by atoms with E-state index >= 15 is 0 Å². The highest BCUT2D eigenvalue weighted by Crippen LogP contribution is 2.34. The van der Waals surface area contributed by atoms with Crippen molar-refractivity contribution >= 4 is 44.8 Å². The first-order chi connectivity index (χ1) is 13.2. The summed E-state index contributed by atoms with van der Waals surface area (Å²) in [6.45, 7) is 1.91. The molecule has 0 aliphatic heterocycles. The SMILES string of the molecule is CC[C@@H](C(=O)NCc1ccccc1Cl)N(c1cc(Cl)ccc1OC)S(C)(=O)=O. The van der Waals surface area contributed by atoms with E-state index in [-0.39, 0.29) is 18.7 Å². The first kappa shape index (κ1) is 22.3. The summed E-state index contributed by atoms with van der Waals surface area (Å²) in [5.41, 5.74) is 0.941. The smallest absolute Gasteiger partial charge is 0.244 e. The zero-order valence-electron chi connectivity index (χ0n) is 15.8. The van der Waals surface area contributed by atoms with Gasteiger partial charge in [-0.2, -0.15) is 0 Å². The van der Waals surface area contributed by atoms with Gasteiger partial charge in [0.05, 0.1) is 19.1 Å². The Morgan fingerprint density at radius 1 is 1.21 bits per heavy atom. The van der Waals surface area contributed by atoms with Gasteiger partial charge in [0, 0.05) is 16.6 Å². The molecule has 2 aromatic rings. The van der Waals surface area contributed by atoms with Crippen LogP contribution in [0, 0.1) is 0 Å². The molecule has 2 rings (SSSR count). The molecule has 0 radical (unpaired) electrons. The van der Waals surface area contributed by atoms with Crippen molar-refractivity contribution in [3.63, 3.8) is 0 Å². The lowest BCUT2D eigenvalue weighted by molar-refractivity contribution is -0.122. The van der Waals surface area contributed by atoms with Gasteiger partial charge in [-0.05, 0) is 36.2 Å². The van der Waals surface area contributed by atoms with Crippen molar-refractivity contribution in [2.45, 2.75) is 25.9 Å². The molecule has 0 saturated heterocycles. The Labute approximate surface area is 175 Å². The number of nitrogens with zero attached hydrogens (tertiary/aromatic N) is 1. The van der Waals surface area contributed by atoms with Gasteiger partial charge in [-0.25, -0.2) is 8.42 Å². The van der Waals surface area contributed by atoms with Crippen molar-refractivity contribution in [3.8, 4) is 5.75 Å². The number of carbonyl (C=O) groups is 1. The maximum atomic E-state index is 12.9. The topological polar surface area (TPSA) is 75.7 Å². The normalized spacial score (nSPS) is 12.3. The molecule has 0 bridgehead atoms. The zero-order valence-corrected chi connectivity index (χ0v) is 18.1. The van der Waals surface area contributed by atoms with Crippen LogP contribution in [0.4, 0.5) is 5.69 Å². The first-order valence-corrected chi connectivity index (χ1v) is 11.1. The number of amides is 1. The lowest BCUT2D eigenvalue weighted by Gasteiger charge is -2.31. The second-order valence-corrected chi connectivity index (χ2v) is 8.81. The third-order valence-electron chi connectivity index (χ3n) is 4.12. The number of rotatable bonds is 8. The Bertz CT molecular complexity index is 951. The Balaban J connectivity index is 2.37. The quantitative estimate of drug-likeness (QED) is 0.670. The molecule has 0 spiro atoms. The van der Waals surface area contributed by atoms with Gasteiger partial charge in [0.15, 0.2) is 0 Å². The van der Waals surface area contributed by atoms with E-state index in [1.165, 1.54) is 13.2 Å². The molecule has 0 heterocycles. The van der Waals surface area contributed by atoms with Gasteiger partial charge < -0.3 is 10.1 Å². The number of carbonyl (C=O) groups excluding carboxylic acids is 1. The van der Waals surface area contributed by atoms with Crippen molar-refractivity contribution in [2.75, 3.05) is 17.7 Å². The van der Waals surface area contributed by atoms with Crippen LogP contribution >= 0.6 is 23.2 Å². The second-order valence-electron chi connectivity index (χ2n) is 6.11. The molecule has 6 nitrogen and oxygen atoms in total. The number of halogens is 2. The van der Waals surface area contributed by atoms with E-state index in [1.54, 1.807) is 37.3 Å². The Morgan fingerprint density at radius 3 is 2.46 bits per heavy atom. The zero-order chi connectivity index (χ0) is 20.9. The number of hydrogen-bond acceptors (Lipinski definition) is 4. The van der Waals surface area contributed by atoms with E-state index in [0.717, 1.165) is 16.1 Å². The Hall–Kier alpha value is -1.96. The van der Waals surface area contributed by atoms with Crippen LogP contribution in [0.15, 0.2) is 42.5 Å². The molecule has 0 saturated carbocycles. The second kappa shape index (κ2) is 9.49. The summed E-state index contributed by atoms with van der Waals surface area (Å²) in [5.74, 6) is -0.151. The van der Waals surface area contributed by atoms with Gasteiger partial charge >= 0.3 is 0 Å². The van der Waals surface area contributed by atoms with Crippen LogP contribution in [0.25, 0.3) is 0 Å². The third kappa shape index (κ3) is 5.31. The fourth-order valence-electron chi connectivity index (χ4n) is 2.81. The van der Waals surface area contributed by atoms with Crippen LogP contribution in [0.1, 0.15) is 18.9 Å². The largest absolute Gasteiger partial charge is 0.495 e. The van der Waals surface area contributed by atoms with Crippen molar-refractivity contribution in [3.05, 3.63) is 58.1 Å². The molecule has 9 heteroatoms. The number of hydrogen-bond donors (Lipinski definition) is 1. The number of ether oxygens (including phenoxy) is 1. The number of methoxy groups -OCH3 is 1. The molecule has 0 aromatic heterocycles. The van der Waals surface area contributed by atoms with Gasteiger partial charge in [-0.15, -0.1) is 0 Å². The monoisotopic (exact) mass is 444 g/mol. The summed E-state index contributed by atoms with van der Waals surface area (Å²) in [5, 5.41) is 3.61. The molecule has 1 atom stereocenters. The van der Waals surface area contributed by atoms with Gasteiger partial charge in [0.25, 0.3) is 0 Å². The van der Waals surface area contributed by atoms with Crippen molar-refractivity contribution < 1.29 is 17.9 Å². The summed E-state index contributed by atoms with van der Waals surface area (Å²) in [4.78, 5) is 12.9. The maximum Gasteiger partial charge on any atom is 0.244 e. The van der Waals surface area contributed by atoms with Gasteiger partial charge in [-0.3, -0.25) is 9.10 Å². The van der Waals surface area contributed by atoms with Crippen LogP contribution in [0.2, 0.25) is 10.0 Å². The van der Waals surface area contributed by atoms with Crippen LogP contribution in [0.5, 0.6) is 5.75 Å². The van der Waals surface area contributed by atoms with Crippen LogP contribution in [-0.4, -0.2) is 33.7 Å². The highest BCUT2D eigenvalue weighted by molar-refractivity contribution is 7.92. The fourth-order valence-corrected chi connectivity index (χ4v) is 4.39. The van der Waals surface area contributed by atoms with Crippen molar-refractivity contribution in [2.24, 2.45) is 0 Å². The average Bonchev–Trinajstić information content (AvgIpc) is 2.64. The lowest BCUT2D eigenvalue weighted by Crippen LogP contribution is -2.49. The van der Waals surface area contributed by atoms with Crippen LogP contribution < -0.4 is 14.4 Å². The summed E-state index contributed by atoms with van der Waals surface area (Å²) in [6.07, 6.45) is 1.29. The van der Waals surface area contributed by atoms with E-state index in [2.05, 4.69) is 5.32 Å². The molecule has 0 aliphatic rings. The first-order valence-electron chi connectivity index (χ1n) is 8.53. The summed E-state index contributed by atoms with van der Waals surface area (Å²) >= 11 is 12.2. The minimum absolute atomic E-state index is 0.180. The Morgan fingerprint density at radius 2 is 1.89 bits per heavy atom. The van der Waals surface area contributed by atoms with E-state index in [4.69, 9.17) is 27.9 Å². The average molecular weight is 445 g/mol. The molecule has 0 aliphatic carbocycles. The van der Waals surface area contributed by atoms with Gasteiger partial charge in [0.2, 0.25) is 15.9 Å². The number of sulfonamides is 1. The molecule has 152 valence electrons. The number of nitrogens with one attached hydrogen (secondary N) is 1. The van der Waals surface area contributed by atoms with Gasteiger partial charge in [-0.1, -0.05) is 48.3 Å². The third-order valence-corrected chi connectivity index (χ3v) is 5.89. The van der Waals surface area contributed by atoms with Crippen molar-refractivity contribution in [1.82, 2.24) is 5.32 Å². The summed E-state index contributed by atoms with van der Waals surface area (Å²) < 4.78 is 31.5. The minimum Gasteiger partial charge on any atom is -0.495 e. The van der Waals surface area contributed by atoms with Crippen molar-refractivity contribution in [1.29, 1.82) is 0 Å². The molecule has 1 N–H and O–H groups in total. The molecule has 28 heavy (non-hydrogen) atoms. The van der Waals surface area contributed by atoms with Crippen LogP contribution in [0.3, 0.4) is 0 Å². The fraction of sp³-hybridized carbons (Fsp3) is 0.316. The van der Waals surface area contributed by atoms with E-state index in [0.29, 0.717) is 15.8 Å². The maximum absolute atomic E-state index is 12.9. The highest BCUT2D eigenvalue weighted by atomic mass is 35.5. The molecule has 0 fully saturated rings. The predicted molar refractivity (Wildman–Crippen MR) is 113 cm³/mol. The highest BCUT2D eigenvalue weighted by Gasteiger charge is 2.33. The molecular formula is C19H22Cl2N2O4S. The summed E-state index contributed by atoms with van der Waals surface area (Å²) in [6, 6.07) is 10.7. The van der Waals surface area contributed by atoms with E-state index in [1.807, 2.05) is 6.07 Å². The lowest BCUT2D eigenvalue weighted by atomic mass is 10.1. The number of anilines is 1. The minimum atomic E-state index is -3.81. The summed E-state index contributed by atoms with van der Waals surface area (Å²) in [7, 11) is -2.38. The molecule has 0 unspecified atom stereocenters. The molecular weight excluding hydrogens is 423 g/mol. The Kier molecular flexibility index (Phi) is 7.57. The van der Waals surface area contributed by atoms with Crippen LogP contribution in [-0.2, 0) is 21.4 Å². The van der Waals surface area contributed by atoms with E-state index < -0.39 is 22.0 Å². The number of benzene rings is 2.